The van der Waals surface area contributed by atoms with E-state index in [1.54, 1.807) is 0 Å². The van der Waals surface area contributed by atoms with Gasteiger partial charge in [-0.2, -0.15) is 9.78 Å². The van der Waals surface area contributed by atoms with Crippen molar-refractivity contribution in [1.29, 1.82) is 0 Å². The maximum absolute atomic E-state index is 12.3. The molecule has 0 fully saturated rings. The minimum absolute atomic E-state index is 0.0243. The fourth-order valence-electron chi connectivity index (χ4n) is 1.84. The van der Waals surface area contributed by atoms with Crippen LogP contribution in [0.2, 0.25) is 0 Å². The Morgan fingerprint density at radius 2 is 2.14 bits per heavy atom. The van der Waals surface area contributed by atoms with E-state index in [-0.39, 0.29) is 23.7 Å². The van der Waals surface area contributed by atoms with Gasteiger partial charge in [0.15, 0.2) is 0 Å². The number of carbonyl (C=O) groups is 2. The molecular weight excluding hydrogens is 312 g/mol. The number of carboxylic acid groups (broad SMARTS) is 1. The van der Waals surface area contributed by atoms with Crippen LogP contribution in [0.15, 0.2) is 15.1 Å². The highest BCUT2D eigenvalue weighted by Crippen LogP contribution is 2.27. The number of nitrogens with zero attached hydrogens (tertiary/aromatic N) is 4. The summed E-state index contributed by atoms with van der Waals surface area (Å²) >= 11 is 1.04. The number of hydrogen-bond acceptors (Lipinski definition) is 8. The van der Waals surface area contributed by atoms with Crippen LogP contribution in [0, 0.1) is 0 Å². The summed E-state index contributed by atoms with van der Waals surface area (Å²) in [5.74, 6) is -1.50. The summed E-state index contributed by atoms with van der Waals surface area (Å²) in [6.07, 6.45) is 0.223. The van der Waals surface area contributed by atoms with E-state index in [2.05, 4.69) is 15.3 Å². The molecule has 0 spiro atoms. The number of aryl methyl sites for hydroxylation is 1. The Balaban J connectivity index is 2.40. The Labute approximate surface area is 129 Å². The molecule has 9 nitrogen and oxygen atoms in total. The van der Waals surface area contributed by atoms with E-state index in [1.165, 1.54) is 7.11 Å². The van der Waals surface area contributed by atoms with Gasteiger partial charge in [0, 0.05) is 6.42 Å². The molecule has 2 rings (SSSR count). The van der Waals surface area contributed by atoms with Crippen molar-refractivity contribution < 1.29 is 19.4 Å². The van der Waals surface area contributed by atoms with E-state index in [9.17, 15) is 14.4 Å². The molecule has 0 saturated heterocycles. The van der Waals surface area contributed by atoms with Gasteiger partial charge in [0.05, 0.1) is 19.2 Å². The van der Waals surface area contributed by atoms with Crippen molar-refractivity contribution in [3.05, 3.63) is 16.0 Å². The van der Waals surface area contributed by atoms with Gasteiger partial charge >= 0.3 is 11.9 Å². The number of ether oxygens (including phenoxy) is 1. The highest BCUT2D eigenvalue weighted by molar-refractivity contribution is 8.01. The number of methoxy groups -OCH3 is 1. The average molecular weight is 326 g/mol. The third-order valence-electron chi connectivity index (χ3n) is 2.98. The molecule has 1 aromatic rings. The first-order chi connectivity index (χ1) is 10.5. The maximum atomic E-state index is 12.3. The van der Waals surface area contributed by atoms with E-state index in [0.717, 1.165) is 16.4 Å². The molecule has 1 aliphatic rings. The van der Waals surface area contributed by atoms with Crippen LogP contribution in [0.25, 0.3) is 0 Å². The fourth-order valence-corrected chi connectivity index (χ4v) is 2.91. The second-order valence-electron chi connectivity index (χ2n) is 4.41. The quantitative estimate of drug-likeness (QED) is 0.745. The van der Waals surface area contributed by atoms with Gasteiger partial charge < -0.3 is 9.84 Å². The number of hydrogen-bond donors (Lipinski definition) is 1. The molecule has 0 aromatic carbocycles. The van der Waals surface area contributed by atoms with Crippen molar-refractivity contribution in [3.8, 4) is 0 Å². The Kier molecular flexibility index (Phi) is 4.91. The van der Waals surface area contributed by atoms with E-state index >= 15 is 0 Å². The SMILES string of the molecule is CCC1=Nn2c(nnc(CCC(=O)O)c2=O)S[C@@H]1C(=O)OC. The average Bonchev–Trinajstić information content (AvgIpc) is 2.52. The van der Waals surface area contributed by atoms with Gasteiger partial charge in [-0.05, 0) is 6.42 Å². The summed E-state index contributed by atoms with van der Waals surface area (Å²) in [5, 5.41) is 19.9. The van der Waals surface area contributed by atoms with Gasteiger partial charge in [0.1, 0.15) is 10.9 Å². The van der Waals surface area contributed by atoms with Crippen LogP contribution < -0.4 is 5.56 Å². The van der Waals surface area contributed by atoms with Gasteiger partial charge in [-0.1, -0.05) is 18.7 Å². The Hall–Kier alpha value is -2.23. The molecule has 0 aliphatic carbocycles. The highest BCUT2D eigenvalue weighted by Gasteiger charge is 2.32. The standard InChI is InChI=1S/C12H14N4O5S/c1-3-6-9(11(20)21-2)22-12-14-13-7(4-5-8(17)18)10(19)16(12)15-6/h9H,3-5H2,1-2H3,(H,17,18)/t9-/m0/s1. The summed E-state index contributed by atoms with van der Waals surface area (Å²) < 4.78 is 5.78. The fraction of sp³-hybridized carbons (Fsp3) is 0.500. The van der Waals surface area contributed by atoms with Gasteiger partial charge in [-0.15, -0.1) is 10.2 Å². The van der Waals surface area contributed by atoms with Crippen LogP contribution in [0.4, 0.5) is 0 Å². The van der Waals surface area contributed by atoms with Crippen LogP contribution in [0.1, 0.15) is 25.5 Å². The predicted octanol–water partition coefficient (Wildman–Crippen LogP) is -0.0831. The molecule has 1 aliphatic heterocycles. The van der Waals surface area contributed by atoms with Gasteiger partial charge in [-0.3, -0.25) is 14.4 Å². The maximum Gasteiger partial charge on any atom is 0.325 e. The van der Waals surface area contributed by atoms with Crippen LogP contribution in [0.5, 0.6) is 0 Å². The minimum atomic E-state index is -1.03. The first kappa shape index (κ1) is 16.1. The molecule has 10 heteroatoms. The zero-order chi connectivity index (χ0) is 16.3. The first-order valence-electron chi connectivity index (χ1n) is 6.50. The third-order valence-corrected chi connectivity index (χ3v) is 4.15. The zero-order valence-electron chi connectivity index (χ0n) is 12.0. The normalized spacial score (nSPS) is 16.6. The van der Waals surface area contributed by atoms with Crippen molar-refractivity contribution in [3.63, 3.8) is 0 Å². The molecule has 118 valence electrons. The zero-order valence-corrected chi connectivity index (χ0v) is 12.8. The lowest BCUT2D eigenvalue weighted by atomic mass is 10.2. The number of rotatable bonds is 5. The predicted molar refractivity (Wildman–Crippen MR) is 77.0 cm³/mol. The number of aliphatic carboxylic acids is 1. The topological polar surface area (TPSA) is 124 Å². The molecule has 1 N–H and O–H groups in total. The third kappa shape index (κ3) is 3.16. The monoisotopic (exact) mass is 326 g/mol. The molecule has 0 saturated carbocycles. The van der Waals surface area contributed by atoms with Crippen LogP contribution in [-0.4, -0.2) is 50.0 Å². The van der Waals surface area contributed by atoms with E-state index in [0.29, 0.717) is 12.1 Å². The van der Waals surface area contributed by atoms with Gasteiger partial charge in [-0.25, -0.2) is 0 Å². The second kappa shape index (κ2) is 6.69. The van der Waals surface area contributed by atoms with Crippen LogP contribution >= 0.6 is 11.8 Å². The molecule has 0 bridgehead atoms. The molecule has 0 amide bonds. The molecule has 2 heterocycles. The lowest BCUT2D eigenvalue weighted by Gasteiger charge is -2.21. The summed E-state index contributed by atoms with van der Waals surface area (Å²) in [6.45, 7) is 1.81. The Morgan fingerprint density at radius 1 is 1.41 bits per heavy atom. The molecule has 22 heavy (non-hydrogen) atoms. The van der Waals surface area contributed by atoms with Crippen molar-refractivity contribution in [2.45, 2.75) is 36.6 Å². The smallest absolute Gasteiger partial charge is 0.325 e. The molecule has 1 atom stereocenters. The minimum Gasteiger partial charge on any atom is -0.481 e. The van der Waals surface area contributed by atoms with Crippen molar-refractivity contribution >= 4 is 29.4 Å². The van der Waals surface area contributed by atoms with E-state index in [1.807, 2.05) is 6.92 Å². The number of aromatic nitrogens is 3. The van der Waals surface area contributed by atoms with E-state index < -0.39 is 22.7 Å². The molecular formula is C12H14N4O5S. The Bertz CT molecular complexity index is 699. The number of carbonyl (C=O) groups excluding carboxylic acids is 1. The molecule has 0 radical (unpaired) electrons. The largest absolute Gasteiger partial charge is 0.481 e. The number of esters is 1. The second-order valence-corrected chi connectivity index (χ2v) is 5.48. The van der Waals surface area contributed by atoms with Crippen molar-refractivity contribution in [2.75, 3.05) is 7.11 Å². The van der Waals surface area contributed by atoms with E-state index in [4.69, 9.17) is 9.84 Å². The summed E-state index contributed by atoms with van der Waals surface area (Å²) in [4.78, 5) is 34.6. The summed E-state index contributed by atoms with van der Waals surface area (Å²) in [6, 6.07) is 0. The first-order valence-corrected chi connectivity index (χ1v) is 7.38. The summed E-state index contributed by atoms with van der Waals surface area (Å²) in [5.41, 5.74) is -0.000813. The summed E-state index contributed by atoms with van der Waals surface area (Å²) in [7, 11) is 1.28. The lowest BCUT2D eigenvalue weighted by Crippen LogP contribution is -2.36. The number of fused-ring (bicyclic) bond motifs is 1. The molecule has 1 aromatic heterocycles. The van der Waals surface area contributed by atoms with Crippen molar-refractivity contribution in [1.82, 2.24) is 14.9 Å². The Morgan fingerprint density at radius 3 is 2.73 bits per heavy atom. The highest BCUT2D eigenvalue weighted by atomic mass is 32.2. The number of thioether (sulfide) groups is 1. The lowest BCUT2D eigenvalue weighted by molar-refractivity contribution is -0.139. The van der Waals surface area contributed by atoms with Crippen LogP contribution in [-0.2, 0) is 20.7 Å². The van der Waals surface area contributed by atoms with Gasteiger partial charge in [0.2, 0.25) is 5.16 Å². The van der Waals surface area contributed by atoms with Crippen LogP contribution in [0.3, 0.4) is 0 Å². The van der Waals surface area contributed by atoms with Gasteiger partial charge in [0.25, 0.3) is 5.56 Å². The van der Waals surface area contributed by atoms with Crippen molar-refractivity contribution in [2.24, 2.45) is 5.10 Å². The molecule has 0 unspecified atom stereocenters. The number of carboxylic acids is 1.